The second-order valence-electron chi connectivity index (χ2n) is 5.38. The molecule has 0 aromatic carbocycles. The molecule has 0 radical (unpaired) electrons. The average Bonchev–Trinajstić information content (AvgIpc) is 3.07. The van der Waals surface area contributed by atoms with Gasteiger partial charge in [-0.1, -0.05) is 6.42 Å². The van der Waals surface area contributed by atoms with Gasteiger partial charge in [-0.15, -0.1) is 0 Å². The minimum absolute atomic E-state index is 0.227. The van der Waals surface area contributed by atoms with E-state index in [0.717, 1.165) is 44.8 Å². The molecular formula is C13H25N3O. The number of nitrogens with one attached hydrogen (secondary N) is 1. The lowest BCUT2D eigenvalue weighted by molar-refractivity contribution is -0.121. The Morgan fingerprint density at radius 2 is 2.06 bits per heavy atom. The van der Waals surface area contributed by atoms with Crippen LogP contribution in [0, 0.1) is 0 Å². The normalized spacial score (nSPS) is 25.1. The van der Waals surface area contributed by atoms with Crippen molar-refractivity contribution in [3.63, 3.8) is 0 Å². The minimum Gasteiger partial charge on any atom is -0.352 e. The van der Waals surface area contributed by atoms with Crippen molar-refractivity contribution >= 4 is 5.91 Å². The van der Waals surface area contributed by atoms with E-state index < -0.39 is 0 Å². The zero-order valence-corrected chi connectivity index (χ0v) is 10.7. The van der Waals surface area contributed by atoms with Crippen LogP contribution in [0.3, 0.4) is 0 Å². The fourth-order valence-corrected chi connectivity index (χ4v) is 2.58. The smallest absolute Gasteiger partial charge is 0.220 e. The topological polar surface area (TPSA) is 58.4 Å². The molecule has 4 heteroatoms. The van der Waals surface area contributed by atoms with Gasteiger partial charge in [-0.3, -0.25) is 9.69 Å². The molecule has 0 aromatic heterocycles. The molecule has 2 aliphatic rings. The Kier molecular flexibility index (Phi) is 4.80. The number of hydrogen-bond donors (Lipinski definition) is 2. The molecule has 1 saturated heterocycles. The second kappa shape index (κ2) is 6.36. The first-order valence-electron chi connectivity index (χ1n) is 7.03. The van der Waals surface area contributed by atoms with E-state index in [4.69, 9.17) is 5.73 Å². The number of hydrogen-bond acceptors (Lipinski definition) is 3. The summed E-state index contributed by atoms with van der Waals surface area (Å²) >= 11 is 0. The Bertz CT molecular complexity index is 253. The van der Waals surface area contributed by atoms with Crippen LogP contribution in [0.25, 0.3) is 0 Å². The Morgan fingerprint density at radius 3 is 2.76 bits per heavy atom. The molecule has 1 unspecified atom stereocenters. The van der Waals surface area contributed by atoms with E-state index in [1.54, 1.807) is 0 Å². The molecule has 2 fully saturated rings. The first-order valence-corrected chi connectivity index (χ1v) is 7.03. The van der Waals surface area contributed by atoms with E-state index in [0.29, 0.717) is 12.5 Å². The van der Waals surface area contributed by atoms with Crippen LogP contribution in [0.4, 0.5) is 0 Å². The predicted octanol–water partition coefficient (Wildman–Crippen LogP) is 0.858. The highest BCUT2D eigenvalue weighted by molar-refractivity contribution is 5.76. The lowest BCUT2D eigenvalue weighted by Gasteiger charge is -2.15. The minimum atomic E-state index is 0.227. The molecule has 0 spiro atoms. The van der Waals surface area contributed by atoms with Crippen LogP contribution in [-0.4, -0.2) is 42.5 Å². The Labute approximate surface area is 104 Å². The second-order valence-corrected chi connectivity index (χ2v) is 5.38. The number of rotatable bonds is 7. The van der Waals surface area contributed by atoms with E-state index in [9.17, 15) is 4.79 Å². The Hall–Kier alpha value is -0.610. The van der Waals surface area contributed by atoms with Crippen molar-refractivity contribution in [1.82, 2.24) is 10.2 Å². The summed E-state index contributed by atoms with van der Waals surface area (Å²) in [5, 5.41) is 3.16. The summed E-state index contributed by atoms with van der Waals surface area (Å²) in [5.74, 6) is 0.227. The highest BCUT2D eigenvalue weighted by Crippen LogP contribution is 2.29. The Balaban J connectivity index is 1.55. The number of carbonyl (C=O) groups excluding carboxylic acids is 1. The van der Waals surface area contributed by atoms with Crippen molar-refractivity contribution in [3.05, 3.63) is 0 Å². The number of unbranched alkanes of at least 4 members (excludes halogenated alkanes) is 2. The standard InChI is InChI=1S/C13H25N3O/c14-8-3-1-2-4-13(17)15-11-7-9-16(10-11)12-5-6-12/h11-12H,1-10,14H2,(H,15,17). The molecule has 98 valence electrons. The van der Waals surface area contributed by atoms with Gasteiger partial charge in [-0.2, -0.15) is 0 Å². The van der Waals surface area contributed by atoms with E-state index >= 15 is 0 Å². The van der Waals surface area contributed by atoms with E-state index in [1.807, 2.05) is 0 Å². The first kappa shape index (κ1) is 12.8. The quantitative estimate of drug-likeness (QED) is 0.648. The number of nitrogens with zero attached hydrogens (tertiary/aromatic N) is 1. The average molecular weight is 239 g/mol. The van der Waals surface area contributed by atoms with Crippen LogP contribution in [-0.2, 0) is 4.79 Å². The lowest BCUT2D eigenvalue weighted by Crippen LogP contribution is -2.37. The molecule has 4 nitrogen and oxygen atoms in total. The third-order valence-electron chi connectivity index (χ3n) is 3.76. The van der Waals surface area contributed by atoms with Crippen LogP contribution >= 0.6 is 0 Å². The van der Waals surface area contributed by atoms with Gasteiger partial charge in [0.15, 0.2) is 0 Å². The molecule has 1 saturated carbocycles. The number of nitrogens with two attached hydrogens (primary N) is 1. The third kappa shape index (κ3) is 4.28. The summed E-state index contributed by atoms with van der Waals surface area (Å²) in [7, 11) is 0. The molecule has 1 amide bonds. The number of carbonyl (C=O) groups is 1. The highest BCUT2D eigenvalue weighted by Gasteiger charge is 2.34. The van der Waals surface area contributed by atoms with Gasteiger partial charge >= 0.3 is 0 Å². The molecule has 17 heavy (non-hydrogen) atoms. The van der Waals surface area contributed by atoms with Crippen molar-refractivity contribution in [3.8, 4) is 0 Å². The van der Waals surface area contributed by atoms with Gasteiger partial charge in [0, 0.05) is 31.6 Å². The lowest BCUT2D eigenvalue weighted by atomic mass is 10.1. The Morgan fingerprint density at radius 1 is 1.24 bits per heavy atom. The van der Waals surface area contributed by atoms with Crippen molar-refractivity contribution < 1.29 is 4.79 Å². The van der Waals surface area contributed by atoms with E-state index in [1.165, 1.54) is 19.4 Å². The van der Waals surface area contributed by atoms with Crippen molar-refractivity contribution in [1.29, 1.82) is 0 Å². The van der Waals surface area contributed by atoms with Crippen LogP contribution in [0.5, 0.6) is 0 Å². The van der Waals surface area contributed by atoms with Gasteiger partial charge in [-0.25, -0.2) is 0 Å². The maximum atomic E-state index is 11.7. The summed E-state index contributed by atoms with van der Waals surface area (Å²) in [6.07, 6.45) is 7.60. The zero-order valence-electron chi connectivity index (χ0n) is 10.7. The number of likely N-dealkylation sites (tertiary alicyclic amines) is 1. The van der Waals surface area contributed by atoms with Gasteiger partial charge in [-0.05, 0) is 38.6 Å². The van der Waals surface area contributed by atoms with Crippen LogP contribution < -0.4 is 11.1 Å². The third-order valence-corrected chi connectivity index (χ3v) is 3.76. The van der Waals surface area contributed by atoms with Crippen LogP contribution in [0.2, 0.25) is 0 Å². The predicted molar refractivity (Wildman–Crippen MR) is 68.7 cm³/mol. The largest absolute Gasteiger partial charge is 0.352 e. The van der Waals surface area contributed by atoms with Crippen LogP contribution in [0.1, 0.15) is 44.9 Å². The monoisotopic (exact) mass is 239 g/mol. The fourth-order valence-electron chi connectivity index (χ4n) is 2.58. The van der Waals surface area contributed by atoms with Gasteiger partial charge < -0.3 is 11.1 Å². The molecule has 3 N–H and O–H groups in total. The molecule has 1 atom stereocenters. The molecule has 1 heterocycles. The summed E-state index contributed by atoms with van der Waals surface area (Å²) in [6.45, 7) is 2.97. The van der Waals surface area contributed by atoms with Gasteiger partial charge in [0.2, 0.25) is 5.91 Å². The van der Waals surface area contributed by atoms with E-state index in [-0.39, 0.29) is 5.91 Å². The van der Waals surface area contributed by atoms with Crippen LogP contribution in [0.15, 0.2) is 0 Å². The molecule has 0 aromatic rings. The molecule has 2 rings (SSSR count). The van der Waals surface area contributed by atoms with Gasteiger partial charge in [0.1, 0.15) is 0 Å². The zero-order chi connectivity index (χ0) is 12.1. The molecular weight excluding hydrogens is 214 g/mol. The van der Waals surface area contributed by atoms with Crippen molar-refractivity contribution in [2.75, 3.05) is 19.6 Å². The molecule has 0 bridgehead atoms. The maximum Gasteiger partial charge on any atom is 0.220 e. The maximum absolute atomic E-state index is 11.7. The molecule has 1 aliphatic carbocycles. The van der Waals surface area contributed by atoms with E-state index in [2.05, 4.69) is 10.2 Å². The molecule has 1 aliphatic heterocycles. The SMILES string of the molecule is NCCCCCC(=O)NC1CCN(C2CC2)C1. The summed E-state index contributed by atoms with van der Waals surface area (Å²) < 4.78 is 0. The van der Waals surface area contributed by atoms with Gasteiger partial charge in [0.05, 0.1) is 0 Å². The van der Waals surface area contributed by atoms with Crippen molar-refractivity contribution in [2.24, 2.45) is 5.73 Å². The fraction of sp³-hybridized carbons (Fsp3) is 0.923. The van der Waals surface area contributed by atoms with Crippen molar-refractivity contribution in [2.45, 2.75) is 57.0 Å². The number of amides is 1. The summed E-state index contributed by atoms with van der Waals surface area (Å²) in [5.41, 5.74) is 5.42. The highest BCUT2D eigenvalue weighted by atomic mass is 16.1. The first-order chi connectivity index (χ1) is 8.29. The summed E-state index contributed by atoms with van der Waals surface area (Å²) in [4.78, 5) is 14.2. The van der Waals surface area contributed by atoms with Gasteiger partial charge in [0.25, 0.3) is 0 Å². The summed E-state index contributed by atoms with van der Waals surface area (Å²) in [6, 6.07) is 1.24.